The average Bonchev–Trinajstić information content (AvgIpc) is 3.39. The first kappa shape index (κ1) is 27.9. The Morgan fingerprint density at radius 3 is 2.22 bits per heavy atom. The summed E-state index contributed by atoms with van der Waals surface area (Å²) in [4.78, 5) is 36.7. The molecule has 210 valence electrons. The molecule has 1 aliphatic carbocycles. The van der Waals surface area contributed by atoms with Crippen LogP contribution in [-0.2, 0) is 42.8 Å². The highest BCUT2D eigenvalue weighted by molar-refractivity contribution is 5.83. The Balaban J connectivity index is 1.33. The molecule has 15 heteroatoms. The van der Waals surface area contributed by atoms with Gasteiger partial charge in [-0.2, -0.15) is 26.3 Å². The van der Waals surface area contributed by atoms with E-state index in [0.717, 1.165) is 6.42 Å². The number of esters is 3. The van der Waals surface area contributed by atoms with Crippen LogP contribution in [0.5, 0.6) is 0 Å². The van der Waals surface area contributed by atoms with Crippen LogP contribution in [0, 0.1) is 11.8 Å². The van der Waals surface area contributed by atoms with Gasteiger partial charge in [0, 0.05) is 12.8 Å². The van der Waals surface area contributed by atoms with Crippen LogP contribution in [0.2, 0.25) is 0 Å². The maximum absolute atomic E-state index is 12.7. The van der Waals surface area contributed by atoms with E-state index in [0.29, 0.717) is 6.42 Å². The summed E-state index contributed by atoms with van der Waals surface area (Å²) in [6.07, 6.45) is -20.1. The predicted octanol–water partition coefficient (Wildman–Crippen LogP) is 3.32. The van der Waals surface area contributed by atoms with Crippen LogP contribution in [0.1, 0.15) is 52.4 Å². The molecule has 4 rings (SSSR count). The molecule has 3 heterocycles. The molecule has 4 aliphatic rings. The highest BCUT2D eigenvalue weighted by atomic mass is 19.4. The summed E-state index contributed by atoms with van der Waals surface area (Å²) in [5.74, 6) is -5.98. The van der Waals surface area contributed by atoms with Crippen molar-refractivity contribution in [3.8, 4) is 0 Å². The molecule has 6 unspecified atom stereocenters. The van der Waals surface area contributed by atoms with Crippen LogP contribution in [0.3, 0.4) is 0 Å². The molecule has 0 aromatic rings. The van der Waals surface area contributed by atoms with Gasteiger partial charge in [0.2, 0.25) is 6.10 Å². The van der Waals surface area contributed by atoms with Crippen LogP contribution in [0.15, 0.2) is 0 Å². The highest BCUT2D eigenvalue weighted by Crippen LogP contribution is 2.49. The van der Waals surface area contributed by atoms with Gasteiger partial charge in [-0.1, -0.05) is 20.3 Å². The van der Waals surface area contributed by atoms with E-state index in [1.54, 1.807) is 6.92 Å². The Labute approximate surface area is 207 Å². The molecule has 3 aliphatic heterocycles. The molecule has 0 aromatic heterocycles. The van der Waals surface area contributed by atoms with E-state index in [2.05, 4.69) is 4.74 Å². The number of carbonyl (C=O) groups excluding carboxylic acids is 3. The lowest BCUT2D eigenvalue weighted by Crippen LogP contribution is -2.47. The van der Waals surface area contributed by atoms with Crippen molar-refractivity contribution in [2.45, 2.75) is 107 Å². The summed E-state index contributed by atoms with van der Waals surface area (Å²) >= 11 is 0. The fourth-order valence-corrected chi connectivity index (χ4v) is 5.04. The van der Waals surface area contributed by atoms with Gasteiger partial charge in [0.1, 0.15) is 6.10 Å². The van der Waals surface area contributed by atoms with Gasteiger partial charge in [0.25, 0.3) is 6.10 Å². The number of hydrogen-bond acceptors (Lipinski definition) is 9. The highest BCUT2D eigenvalue weighted by Gasteiger charge is 2.66. The summed E-state index contributed by atoms with van der Waals surface area (Å²) in [6, 6.07) is 0. The van der Waals surface area contributed by atoms with Crippen LogP contribution in [-0.4, -0.2) is 72.9 Å². The minimum atomic E-state index is -5.80. The second-order valence-electron chi connectivity index (χ2n) is 9.70. The molecule has 0 aromatic carbocycles. The fourth-order valence-electron chi connectivity index (χ4n) is 5.04. The number of carbonyl (C=O) groups is 3. The van der Waals surface area contributed by atoms with Crippen molar-refractivity contribution < 1.29 is 69.1 Å². The predicted molar refractivity (Wildman–Crippen MR) is 105 cm³/mol. The second-order valence-corrected chi connectivity index (χ2v) is 9.70. The first-order valence-corrected chi connectivity index (χ1v) is 11.9. The smallest absolute Gasteiger partial charge is 0.434 e. The van der Waals surface area contributed by atoms with E-state index in [4.69, 9.17) is 23.7 Å². The molecule has 0 bridgehead atoms. The maximum Gasteiger partial charge on any atom is 0.434 e. The summed E-state index contributed by atoms with van der Waals surface area (Å²) in [6.45, 7) is 3.57. The summed E-state index contributed by atoms with van der Waals surface area (Å²) in [7, 11) is 0. The lowest BCUT2D eigenvalue weighted by molar-refractivity contribution is -0.315. The molecule has 1 saturated carbocycles. The molecule has 37 heavy (non-hydrogen) atoms. The molecule has 6 atom stereocenters. The number of rotatable bonds is 6. The van der Waals surface area contributed by atoms with Crippen molar-refractivity contribution in [1.29, 1.82) is 0 Å². The minimum absolute atomic E-state index is 0.0515. The SMILES string of the molecule is CCCC(C)C(=O)OC1C(=O)OC2C3OC4(CCC(C(=O)OC(C(F)(F)F)C(F)(F)F)CC4)OC3OC12. The van der Waals surface area contributed by atoms with Crippen molar-refractivity contribution >= 4 is 17.9 Å². The lowest BCUT2D eigenvalue weighted by Gasteiger charge is -2.36. The van der Waals surface area contributed by atoms with E-state index >= 15 is 0 Å². The van der Waals surface area contributed by atoms with Crippen LogP contribution < -0.4 is 0 Å². The number of fused-ring (bicyclic) bond motifs is 3. The van der Waals surface area contributed by atoms with Crippen LogP contribution in [0.25, 0.3) is 0 Å². The van der Waals surface area contributed by atoms with Gasteiger partial charge in [0.05, 0.1) is 11.8 Å². The van der Waals surface area contributed by atoms with E-state index < -0.39 is 84.7 Å². The Kier molecular flexibility index (Phi) is 7.45. The van der Waals surface area contributed by atoms with Gasteiger partial charge in [-0.3, -0.25) is 9.59 Å². The van der Waals surface area contributed by atoms with E-state index in [1.165, 1.54) is 0 Å². The van der Waals surface area contributed by atoms with Gasteiger partial charge in [0.15, 0.2) is 24.3 Å². The first-order chi connectivity index (χ1) is 17.1. The standard InChI is InChI=1S/C22H26F6O9/c1-3-4-9(2)15(29)33-13-11-12(32-17(13)31)14-18(34-11)37-20(36-14)7-5-10(6-8-20)16(30)35-19(21(23,24)25)22(26,27)28/h9-14,18-19H,3-8H2,1-2H3. The van der Waals surface area contributed by atoms with Gasteiger partial charge < -0.3 is 28.4 Å². The van der Waals surface area contributed by atoms with E-state index in [9.17, 15) is 40.7 Å². The fraction of sp³-hybridized carbons (Fsp3) is 0.864. The third-order valence-electron chi connectivity index (χ3n) is 6.95. The molecule has 9 nitrogen and oxygen atoms in total. The summed E-state index contributed by atoms with van der Waals surface area (Å²) < 4.78 is 108. The third-order valence-corrected chi connectivity index (χ3v) is 6.95. The number of halogens is 6. The van der Waals surface area contributed by atoms with Gasteiger partial charge in [-0.25, -0.2) is 4.79 Å². The molecule has 0 amide bonds. The molecule has 1 spiro atoms. The quantitative estimate of drug-likeness (QED) is 0.281. The Morgan fingerprint density at radius 1 is 1.03 bits per heavy atom. The Hall–Kier alpha value is -2.13. The third kappa shape index (κ3) is 5.53. The summed E-state index contributed by atoms with van der Waals surface area (Å²) in [5.41, 5.74) is 0. The molecular weight excluding hydrogens is 522 g/mol. The zero-order valence-electron chi connectivity index (χ0n) is 19.8. The number of alkyl halides is 6. The van der Waals surface area contributed by atoms with Crippen molar-refractivity contribution in [2.24, 2.45) is 11.8 Å². The largest absolute Gasteiger partial charge is 0.454 e. The molecule has 0 N–H and O–H groups in total. The number of ether oxygens (including phenoxy) is 6. The molecular formula is C22H26F6O9. The van der Waals surface area contributed by atoms with E-state index in [-0.39, 0.29) is 25.7 Å². The van der Waals surface area contributed by atoms with Gasteiger partial charge in [-0.15, -0.1) is 0 Å². The topological polar surface area (TPSA) is 107 Å². The first-order valence-electron chi connectivity index (χ1n) is 11.9. The maximum atomic E-state index is 12.7. The van der Waals surface area contributed by atoms with Crippen LogP contribution >= 0.6 is 0 Å². The normalized spacial score (nSPS) is 36.3. The van der Waals surface area contributed by atoms with Crippen LogP contribution in [0.4, 0.5) is 26.3 Å². The van der Waals surface area contributed by atoms with Crippen molar-refractivity contribution in [3.63, 3.8) is 0 Å². The lowest BCUT2D eigenvalue weighted by atomic mass is 9.85. The van der Waals surface area contributed by atoms with E-state index in [1.807, 2.05) is 6.92 Å². The Bertz CT molecular complexity index is 884. The zero-order valence-corrected chi connectivity index (χ0v) is 19.8. The van der Waals surface area contributed by atoms with Crippen molar-refractivity contribution in [3.05, 3.63) is 0 Å². The molecule has 3 saturated heterocycles. The van der Waals surface area contributed by atoms with Gasteiger partial charge in [-0.05, 0) is 19.3 Å². The second kappa shape index (κ2) is 9.88. The average molecular weight is 548 g/mol. The minimum Gasteiger partial charge on any atom is -0.454 e. The van der Waals surface area contributed by atoms with Gasteiger partial charge >= 0.3 is 30.3 Å². The molecule has 0 radical (unpaired) electrons. The van der Waals surface area contributed by atoms with Crippen molar-refractivity contribution in [2.75, 3.05) is 0 Å². The molecule has 4 fully saturated rings. The van der Waals surface area contributed by atoms with Crippen molar-refractivity contribution in [1.82, 2.24) is 0 Å². The summed E-state index contributed by atoms with van der Waals surface area (Å²) in [5, 5.41) is 0. The number of hydrogen-bond donors (Lipinski definition) is 0. The zero-order chi connectivity index (χ0) is 27.3. The Morgan fingerprint density at radius 2 is 1.65 bits per heavy atom. The monoisotopic (exact) mass is 548 g/mol.